The summed E-state index contributed by atoms with van der Waals surface area (Å²) in [6.45, 7) is 0.621. The molecule has 0 saturated carbocycles. The van der Waals surface area contributed by atoms with Gasteiger partial charge in [0.05, 0.1) is 23.6 Å². The van der Waals surface area contributed by atoms with Crippen molar-refractivity contribution in [2.45, 2.75) is 12.2 Å². The standard InChI is InChI=1S/C13H19N3O3/c1-15(2)13(19)8-3-4-9(14)10(5-8)16-6-11(17)12(18)7-16/h3-5,11-12,17-18H,6-7,14H2,1-2H3. The fourth-order valence-corrected chi connectivity index (χ4v) is 2.17. The fraction of sp³-hybridized carbons (Fsp3) is 0.462. The predicted molar refractivity (Wildman–Crippen MR) is 73.1 cm³/mol. The third-order valence-electron chi connectivity index (χ3n) is 3.28. The lowest BCUT2D eigenvalue weighted by Gasteiger charge is -2.21. The van der Waals surface area contributed by atoms with Crippen molar-refractivity contribution in [3.63, 3.8) is 0 Å². The summed E-state index contributed by atoms with van der Waals surface area (Å²) < 4.78 is 0. The molecule has 0 aliphatic carbocycles. The van der Waals surface area contributed by atoms with Crippen molar-refractivity contribution in [3.05, 3.63) is 23.8 Å². The third kappa shape index (κ3) is 2.64. The van der Waals surface area contributed by atoms with Gasteiger partial charge in [0.15, 0.2) is 0 Å². The Morgan fingerprint density at radius 2 is 1.89 bits per heavy atom. The zero-order chi connectivity index (χ0) is 14.2. The van der Waals surface area contributed by atoms with Crippen molar-refractivity contribution in [1.82, 2.24) is 4.90 Å². The van der Waals surface area contributed by atoms with Gasteiger partial charge < -0.3 is 25.7 Å². The molecular formula is C13H19N3O3. The van der Waals surface area contributed by atoms with Crippen molar-refractivity contribution in [3.8, 4) is 0 Å². The Bertz CT molecular complexity index is 480. The summed E-state index contributed by atoms with van der Waals surface area (Å²) in [5.74, 6) is -0.110. The van der Waals surface area contributed by atoms with E-state index >= 15 is 0 Å². The molecule has 2 rings (SSSR count). The van der Waals surface area contributed by atoms with E-state index in [1.807, 2.05) is 0 Å². The molecule has 6 heteroatoms. The summed E-state index contributed by atoms with van der Waals surface area (Å²) in [5.41, 5.74) is 7.63. The number of benzene rings is 1. The number of anilines is 2. The van der Waals surface area contributed by atoms with Crippen molar-refractivity contribution in [2.24, 2.45) is 0 Å². The summed E-state index contributed by atoms with van der Waals surface area (Å²) in [6.07, 6.45) is -1.57. The summed E-state index contributed by atoms with van der Waals surface area (Å²) in [4.78, 5) is 15.2. The van der Waals surface area contributed by atoms with E-state index < -0.39 is 12.2 Å². The molecule has 1 amide bonds. The maximum atomic E-state index is 11.9. The van der Waals surface area contributed by atoms with Crippen molar-refractivity contribution in [1.29, 1.82) is 0 Å². The molecule has 0 aromatic heterocycles. The van der Waals surface area contributed by atoms with Crippen LogP contribution in [0.1, 0.15) is 10.4 Å². The molecule has 1 saturated heterocycles. The molecule has 0 radical (unpaired) electrons. The lowest BCUT2D eigenvalue weighted by Crippen LogP contribution is -2.25. The number of β-amino-alcohol motifs (C(OH)–C–C–N with tert-alkyl or cyclic N) is 2. The Balaban J connectivity index is 2.30. The zero-order valence-electron chi connectivity index (χ0n) is 11.1. The number of hydrogen-bond acceptors (Lipinski definition) is 5. The first-order chi connectivity index (χ1) is 8.90. The van der Waals surface area contributed by atoms with Crippen LogP contribution in [0, 0.1) is 0 Å². The molecule has 1 aliphatic rings. The average molecular weight is 265 g/mol. The highest BCUT2D eigenvalue weighted by molar-refractivity contribution is 5.96. The Labute approximate surface area is 112 Å². The highest BCUT2D eigenvalue weighted by atomic mass is 16.3. The van der Waals surface area contributed by atoms with Gasteiger partial charge in [-0.05, 0) is 18.2 Å². The summed E-state index contributed by atoms with van der Waals surface area (Å²) in [7, 11) is 3.36. The van der Waals surface area contributed by atoms with E-state index in [1.165, 1.54) is 4.90 Å². The molecule has 1 fully saturated rings. The number of nitrogens with two attached hydrogens (primary N) is 1. The van der Waals surface area contributed by atoms with E-state index in [-0.39, 0.29) is 5.91 Å². The highest BCUT2D eigenvalue weighted by Crippen LogP contribution is 2.28. The van der Waals surface area contributed by atoms with Gasteiger partial charge in [-0.25, -0.2) is 0 Å². The fourth-order valence-electron chi connectivity index (χ4n) is 2.17. The molecule has 1 aliphatic heterocycles. The Morgan fingerprint density at radius 3 is 2.42 bits per heavy atom. The number of carbonyl (C=O) groups is 1. The van der Waals surface area contributed by atoms with E-state index in [4.69, 9.17) is 5.73 Å². The number of aliphatic hydroxyl groups is 2. The molecule has 2 atom stereocenters. The van der Waals surface area contributed by atoms with Crippen LogP contribution in [0.4, 0.5) is 11.4 Å². The first-order valence-electron chi connectivity index (χ1n) is 6.12. The van der Waals surface area contributed by atoms with Gasteiger partial charge in [0.25, 0.3) is 5.91 Å². The second-order valence-electron chi connectivity index (χ2n) is 5.01. The number of carbonyl (C=O) groups excluding carboxylic acids is 1. The topological polar surface area (TPSA) is 90.0 Å². The van der Waals surface area contributed by atoms with E-state index in [0.29, 0.717) is 30.0 Å². The number of aliphatic hydroxyl groups excluding tert-OH is 2. The first kappa shape index (κ1) is 13.6. The molecule has 6 nitrogen and oxygen atoms in total. The normalized spacial score (nSPS) is 22.6. The summed E-state index contributed by atoms with van der Waals surface area (Å²) >= 11 is 0. The van der Waals surface area contributed by atoms with Crippen LogP contribution in [0.5, 0.6) is 0 Å². The van der Waals surface area contributed by atoms with E-state index in [9.17, 15) is 15.0 Å². The summed E-state index contributed by atoms with van der Waals surface area (Å²) in [6, 6.07) is 5.04. The number of nitrogens with zero attached hydrogens (tertiary/aromatic N) is 2. The molecule has 0 spiro atoms. The van der Waals surface area contributed by atoms with Crippen molar-refractivity contribution < 1.29 is 15.0 Å². The molecule has 1 aromatic rings. The quantitative estimate of drug-likeness (QED) is 0.628. The number of nitrogen functional groups attached to an aromatic ring is 1. The maximum absolute atomic E-state index is 11.9. The van der Waals surface area contributed by atoms with Crippen LogP contribution in [0.15, 0.2) is 18.2 Å². The molecule has 1 heterocycles. The third-order valence-corrected chi connectivity index (χ3v) is 3.28. The van der Waals surface area contributed by atoms with Gasteiger partial charge in [-0.3, -0.25) is 4.79 Å². The monoisotopic (exact) mass is 265 g/mol. The van der Waals surface area contributed by atoms with Crippen LogP contribution in [-0.2, 0) is 0 Å². The van der Waals surface area contributed by atoms with Gasteiger partial charge in [0.2, 0.25) is 0 Å². The Hall–Kier alpha value is -1.79. The SMILES string of the molecule is CN(C)C(=O)c1ccc(N)c(N2CC(O)C(O)C2)c1. The predicted octanol–water partition coefficient (Wildman–Crippen LogP) is -0.488. The minimum Gasteiger partial charge on any atom is -0.397 e. The van der Waals surface area contributed by atoms with Crippen LogP contribution in [-0.4, -0.2) is 60.4 Å². The molecular weight excluding hydrogens is 246 g/mol. The zero-order valence-corrected chi connectivity index (χ0v) is 11.1. The number of amides is 1. The van der Waals surface area contributed by atoms with Gasteiger partial charge in [0.1, 0.15) is 0 Å². The lowest BCUT2D eigenvalue weighted by atomic mass is 10.1. The van der Waals surface area contributed by atoms with E-state index in [2.05, 4.69) is 0 Å². The average Bonchev–Trinajstić information content (AvgIpc) is 2.69. The smallest absolute Gasteiger partial charge is 0.253 e. The molecule has 4 N–H and O–H groups in total. The molecule has 104 valence electrons. The van der Waals surface area contributed by atoms with Gasteiger partial charge in [-0.15, -0.1) is 0 Å². The minimum atomic E-state index is -0.785. The number of hydrogen-bond donors (Lipinski definition) is 3. The van der Waals surface area contributed by atoms with Gasteiger partial charge >= 0.3 is 0 Å². The lowest BCUT2D eigenvalue weighted by molar-refractivity contribution is 0.0572. The molecule has 1 aromatic carbocycles. The van der Waals surface area contributed by atoms with Gasteiger partial charge in [-0.2, -0.15) is 0 Å². The number of rotatable bonds is 2. The van der Waals surface area contributed by atoms with E-state index in [0.717, 1.165) is 0 Å². The van der Waals surface area contributed by atoms with Crippen LogP contribution >= 0.6 is 0 Å². The Morgan fingerprint density at radius 1 is 1.32 bits per heavy atom. The molecule has 19 heavy (non-hydrogen) atoms. The maximum Gasteiger partial charge on any atom is 0.253 e. The van der Waals surface area contributed by atoms with Crippen LogP contribution in [0.2, 0.25) is 0 Å². The van der Waals surface area contributed by atoms with Crippen LogP contribution in [0.3, 0.4) is 0 Å². The van der Waals surface area contributed by atoms with Crippen molar-refractivity contribution >= 4 is 17.3 Å². The summed E-state index contributed by atoms with van der Waals surface area (Å²) in [5, 5.41) is 19.2. The minimum absolute atomic E-state index is 0.110. The highest BCUT2D eigenvalue weighted by Gasteiger charge is 2.30. The first-order valence-corrected chi connectivity index (χ1v) is 6.12. The van der Waals surface area contributed by atoms with Crippen molar-refractivity contribution in [2.75, 3.05) is 37.8 Å². The van der Waals surface area contributed by atoms with Crippen LogP contribution in [0.25, 0.3) is 0 Å². The second kappa shape index (κ2) is 5.07. The van der Waals surface area contributed by atoms with E-state index in [1.54, 1.807) is 37.2 Å². The van der Waals surface area contributed by atoms with Crippen LogP contribution < -0.4 is 10.6 Å². The largest absolute Gasteiger partial charge is 0.397 e. The second-order valence-corrected chi connectivity index (χ2v) is 5.01. The van der Waals surface area contributed by atoms with Gasteiger partial charge in [0, 0.05) is 32.7 Å². The molecule has 2 unspecified atom stereocenters. The van der Waals surface area contributed by atoms with Gasteiger partial charge in [-0.1, -0.05) is 0 Å². The Kier molecular flexibility index (Phi) is 3.64. The molecule has 0 bridgehead atoms.